The summed E-state index contributed by atoms with van der Waals surface area (Å²) < 4.78 is 2.41. The van der Waals surface area contributed by atoms with E-state index in [0.29, 0.717) is 5.92 Å². The molecule has 0 atom stereocenters. The van der Waals surface area contributed by atoms with Crippen molar-refractivity contribution in [2.24, 2.45) is 16.8 Å². The first kappa shape index (κ1) is 25.2. The molecule has 1 saturated heterocycles. The highest BCUT2D eigenvalue weighted by Crippen LogP contribution is 2.36. The van der Waals surface area contributed by atoms with Gasteiger partial charge >= 0.3 is 0 Å². The van der Waals surface area contributed by atoms with Gasteiger partial charge in [-0.25, -0.2) is 0 Å². The van der Waals surface area contributed by atoms with Crippen LogP contribution < -0.4 is 5.32 Å². The van der Waals surface area contributed by atoms with E-state index in [1.807, 2.05) is 24.1 Å². The van der Waals surface area contributed by atoms with Crippen LogP contribution in [0.3, 0.4) is 0 Å². The fourth-order valence-corrected chi connectivity index (χ4v) is 6.63. The minimum atomic E-state index is -0.530. The molecule has 1 aliphatic carbocycles. The van der Waals surface area contributed by atoms with E-state index in [1.165, 1.54) is 29.5 Å². The number of nitrogens with one attached hydrogen (secondary N) is 1. The molecule has 0 unspecified atom stereocenters. The molecule has 2 fully saturated rings. The lowest BCUT2D eigenvalue weighted by Crippen LogP contribution is -2.47. The van der Waals surface area contributed by atoms with E-state index in [4.69, 9.17) is 4.99 Å². The number of aliphatic imine (C=N–C) groups is 1. The molecule has 2 aliphatic heterocycles. The van der Waals surface area contributed by atoms with Gasteiger partial charge in [-0.15, -0.1) is 0 Å². The first-order valence-electron chi connectivity index (χ1n) is 12.8. The summed E-state index contributed by atoms with van der Waals surface area (Å²) in [5, 5.41) is 3.17. The van der Waals surface area contributed by atoms with Crippen LogP contribution in [0.15, 0.2) is 17.1 Å². The number of piperidine rings is 1. The highest BCUT2D eigenvalue weighted by molar-refractivity contribution is 7.97. The smallest absolute Gasteiger partial charge is 0.253 e. The summed E-state index contributed by atoms with van der Waals surface area (Å²) in [5.41, 5.74) is 3.94. The van der Waals surface area contributed by atoms with Crippen molar-refractivity contribution in [3.63, 3.8) is 0 Å². The molecule has 2 amide bonds. The number of carbonyl (C=O) groups excluding carboxylic acids is 2. The Hall–Kier alpha value is -1.86. The Labute approximate surface area is 209 Å². The van der Waals surface area contributed by atoms with Crippen molar-refractivity contribution in [3.8, 4) is 0 Å². The van der Waals surface area contributed by atoms with E-state index in [-0.39, 0.29) is 11.8 Å². The third-order valence-corrected chi connectivity index (χ3v) is 9.04. The first-order chi connectivity index (χ1) is 16.2. The van der Waals surface area contributed by atoms with Crippen molar-refractivity contribution < 1.29 is 9.59 Å². The van der Waals surface area contributed by atoms with Crippen LogP contribution in [0.1, 0.15) is 72.5 Å². The molecule has 7 heteroatoms. The van der Waals surface area contributed by atoms with E-state index >= 15 is 0 Å². The summed E-state index contributed by atoms with van der Waals surface area (Å²) in [4.78, 5) is 31.8. The second-order valence-corrected chi connectivity index (χ2v) is 11.9. The number of amidine groups is 1. The number of nitrogens with zero attached hydrogens (tertiary/aromatic N) is 3. The fraction of sp³-hybridized carbons (Fsp3) is 0.667. The molecule has 2 heterocycles. The average Bonchev–Trinajstić information content (AvgIpc) is 3.12. The zero-order valence-electron chi connectivity index (χ0n) is 21.4. The van der Waals surface area contributed by atoms with Gasteiger partial charge in [0.25, 0.3) is 11.8 Å². The van der Waals surface area contributed by atoms with Crippen molar-refractivity contribution in [1.82, 2.24) is 14.5 Å². The number of hydrogen-bond acceptors (Lipinski definition) is 5. The predicted molar refractivity (Wildman–Crippen MR) is 140 cm³/mol. The molecule has 1 aromatic rings. The Morgan fingerprint density at radius 1 is 1.15 bits per heavy atom. The number of rotatable bonds is 6. The Kier molecular flexibility index (Phi) is 7.72. The summed E-state index contributed by atoms with van der Waals surface area (Å²) in [6.07, 6.45) is 7.37. The standard InChI is InChI=1S/C27H40N4O2S/c1-18-6-8-21(9-7-18)24-28-26(33)27(29-24)11-13-31(14-12-27)34-15-10-23-19(2)16-22(17-20(23)3)25(32)30(4)5/h16-18,21H,6-15H2,1-5H3,(H,28,29,33). The number of amides is 2. The molecule has 1 saturated carbocycles. The largest absolute Gasteiger partial charge is 0.345 e. The van der Waals surface area contributed by atoms with Gasteiger partial charge in [0.05, 0.1) is 0 Å². The first-order valence-corrected chi connectivity index (χ1v) is 13.7. The van der Waals surface area contributed by atoms with Crippen LogP contribution in [0.5, 0.6) is 0 Å². The maximum absolute atomic E-state index is 12.9. The molecule has 1 N–H and O–H groups in total. The van der Waals surface area contributed by atoms with Gasteiger partial charge < -0.3 is 10.2 Å². The summed E-state index contributed by atoms with van der Waals surface area (Å²) >= 11 is 1.88. The molecule has 6 nitrogen and oxygen atoms in total. The highest BCUT2D eigenvalue weighted by Gasteiger charge is 2.47. The Morgan fingerprint density at radius 3 is 2.35 bits per heavy atom. The lowest BCUT2D eigenvalue weighted by Gasteiger charge is -2.34. The summed E-state index contributed by atoms with van der Waals surface area (Å²) in [5.74, 6) is 3.39. The second-order valence-electron chi connectivity index (χ2n) is 10.7. The van der Waals surface area contributed by atoms with Gasteiger partial charge in [-0.05, 0) is 80.7 Å². The van der Waals surface area contributed by atoms with Crippen LogP contribution in [0.2, 0.25) is 0 Å². The van der Waals surface area contributed by atoms with Gasteiger partial charge in [-0.2, -0.15) is 0 Å². The van der Waals surface area contributed by atoms with Crippen molar-refractivity contribution in [2.45, 2.75) is 71.3 Å². The maximum Gasteiger partial charge on any atom is 0.253 e. The van der Waals surface area contributed by atoms with E-state index in [2.05, 4.69) is 30.4 Å². The van der Waals surface area contributed by atoms with E-state index in [9.17, 15) is 9.59 Å². The molecule has 1 spiro atoms. The molecular formula is C27H40N4O2S. The topological polar surface area (TPSA) is 65.0 Å². The summed E-state index contributed by atoms with van der Waals surface area (Å²) in [7, 11) is 3.58. The lowest BCUT2D eigenvalue weighted by atomic mass is 9.82. The molecule has 186 valence electrons. The van der Waals surface area contributed by atoms with Gasteiger partial charge in [-0.3, -0.25) is 18.9 Å². The highest BCUT2D eigenvalue weighted by atomic mass is 32.2. The third-order valence-electron chi connectivity index (χ3n) is 7.93. The molecule has 0 aromatic heterocycles. The van der Waals surface area contributed by atoms with Crippen molar-refractivity contribution in [1.29, 1.82) is 0 Å². The van der Waals surface area contributed by atoms with Crippen LogP contribution in [0.4, 0.5) is 0 Å². The van der Waals surface area contributed by atoms with Crippen LogP contribution in [-0.2, 0) is 11.2 Å². The van der Waals surface area contributed by atoms with E-state index in [0.717, 1.165) is 68.3 Å². The zero-order chi connectivity index (χ0) is 24.5. The van der Waals surface area contributed by atoms with E-state index < -0.39 is 5.54 Å². The number of benzene rings is 1. The van der Waals surface area contributed by atoms with Gasteiger partial charge in [0.2, 0.25) is 0 Å². The maximum atomic E-state index is 12.9. The Morgan fingerprint density at radius 2 is 1.76 bits per heavy atom. The van der Waals surface area contributed by atoms with Crippen LogP contribution in [0.25, 0.3) is 0 Å². The SMILES string of the molecule is Cc1cc(C(=O)N(C)C)cc(C)c1CCSN1CCC2(CC1)N=C(C1CCC(C)CC1)NC2=O. The number of hydrogen-bond donors (Lipinski definition) is 1. The van der Waals surface area contributed by atoms with Crippen LogP contribution in [-0.4, -0.2) is 65.3 Å². The molecule has 1 aromatic carbocycles. The molecule has 34 heavy (non-hydrogen) atoms. The molecular weight excluding hydrogens is 444 g/mol. The van der Waals surface area contributed by atoms with Gasteiger partial charge in [-0.1, -0.05) is 31.7 Å². The molecule has 3 aliphatic rings. The third kappa shape index (κ3) is 5.35. The quantitative estimate of drug-likeness (QED) is 0.609. The molecule has 0 radical (unpaired) electrons. The summed E-state index contributed by atoms with van der Waals surface area (Å²) in [6.45, 7) is 8.32. The van der Waals surface area contributed by atoms with Crippen LogP contribution >= 0.6 is 11.9 Å². The fourth-order valence-electron chi connectivity index (χ4n) is 5.64. The Bertz CT molecular complexity index is 934. The second kappa shape index (κ2) is 10.4. The molecule has 0 bridgehead atoms. The van der Waals surface area contributed by atoms with Gasteiger partial charge in [0.15, 0.2) is 0 Å². The number of carbonyl (C=O) groups is 2. The minimum Gasteiger partial charge on any atom is -0.345 e. The minimum absolute atomic E-state index is 0.0502. The monoisotopic (exact) mass is 484 g/mol. The average molecular weight is 485 g/mol. The van der Waals surface area contributed by atoms with Gasteiger partial charge in [0.1, 0.15) is 11.4 Å². The summed E-state index contributed by atoms with van der Waals surface area (Å²) in [6, 6.07) is 4.03. The van der Waals surface area contributed by atoms with Gasteiger partial charge in [0, 0.05) is 44.4 Å². The normalized spacial score (nSPS) is 24.7. The lowest BCUT2D eigenvalue weighted by molar-refractivity contribution is -0.124. The predicted octanol–water partition coefficient (Wildman–Crippen LogP) is 4.39. The zero-order valence-corrected chi connectivity index (χ0v) is 22.3. The number of aryl methyl sites for hydroxylation is 2. The molecule has 4 rings (SSSR count). The van der Waals surface area contributed by atoms with Crippen molar-refractivity contribution >= 4 is 29.6 Å². The Balaban J connectivity index is 1.29. The van der Waals surface area contributed by atoms with Crippen molar-refractivity contribution in [3.05, 3.63) is 34.4 Å². The van der Waals surface area contributed by atoms with Crippen LogP contribution in [0, 0.1) is 25.7 Å². The van der Waals surface area contributed by atoms with E-state index in [1.54, 1.807) is 19.0 Å². The van der Waals surface area contributed by atoms with Crippen molar-refractivity contribution in [2.75, 3.05) is 32.9 Å².